The van der Waals surface area contributed by atoms with E-state index >= 15 is 0 Å². The Morgan fingerprint density at radius 2 is 2.38 bits per heavy atom. The summed E-state index contributed by atoms with van der Waals surface area (Å²) in [7, 11) is 0. The van der Waals surface area contributed by atoms with Gasteiger partial charge in [0, 0.05) is 6.61 Å². The van der Waals surface area contributed by atoms with E-state index in [2.05, 4.69) is 5.32 Å². The molecule has 1 atom stereocenters. The quantitative estimate of drug-likeness (QED) is 0.863. The lowest BCUT2D eigenvalue weighted by Crippen LogP contribution is -2.35. The molecular formula is C11H11ClFNO2. The number of ether oxygens (including phenoxy) is 1. The molecule has 1 amide bonds. The van der Waals surface area contributed by atoms with Crippen LogP contribution in [0.4, 0.5) is 4.39 Å². The molecule has 1 heterocycles. The number of hydrogen-bond acceptors (Lipinski definition) is 2. The van der Waals surface area contributed by atoms with Crippen molar-refractivity contribution in [3.05, 3.63) is 34.6 Å². The molecule has 1 aromatic carbocycles. The molecule has 2 rings (SSSR count). The van der Waals surface area contributed by atoms with Crippen molar-refractivity contribution in [1.82, 2.24) is 5.32 Å². The van der Waals surface area contributed by atoms with Crippen LogP contribution < -0.4 is 5.32 Å². The number of carbonyl (C=O) groups is 1. The van der Waals surface area contributed by atoms with Crippen molar-refractivity contribution in [2.75, 3.05) is 13.2 Å². The SMILES string of the molecule is O=C(NC1CCOC1)c1c(F)cccc1Cl. The van der Waals surface area contributed by atoms with Crippen molar-refractivity contribution in [2.45, 2.75) is 12.5 Å². The van der Waals surface area contributed by atoms with Gasteiger partial charge in [0.1, 0.15) is 5.82 Å². The molecule has 1 aliphatic rings. The van der Waals surface area contributed by atoms with Crippen LogP contribution in [0.5, 0.6) is 0 Å². The standard InChI is InChI=1S/C11H11ClFNO2/c12-8-2-1-3-9(13)10(8)11(15)14-7-4-5-16-6-7/h1-3,7H,4-6H2,(H,14,15). The molecular weight excluding hydrogens is 233 g/mol. The molecule has 16 heavy (non-hydrogen) atoms. The van der Waals surface area contributed by atoms with Crippen LogP contribution >= 0.6 is 11.6 Å². The van der Waals surface area contributed by atoms with Gasteiger partial charge in [-0.25, -0.2) is 4.39 Å². The zero-order valence-electron chi connectivity index (χ0n) is 8.50. The number of benzene rings is 1. The fourth-order valence-corrected chi connectivity index (χ4v) is 1.87. The van der Waals surface area contributed by atoms with Crippen molar-refractivity contribution in [1.29, 1.82) is 0 Å². The maximum Gasteiger partial charge on any atom is 0.256 e. The molecule has 1 unspecified atom stereocenters. The van der Waals surface area contributed by atoms with Crippen LogP contribution in [-0.4, -0.2) is 25.2 Å². The highest BCUT2D eigenvalue weighted by molar-refractivity contribution is 6.33. The summed E-state index contributed by atoms with van der Waals surface area (Å²) >= 11 is 5.78. The van der Waals surface area contributed by atoms with Crippen LogP contribution in [-0.2, 0) is 4.74 Å². The summed E-state index contributed by atoms with van der Waals surface area (Å²) in [6.45, 7) is 1.09. The van der Waals surface area contributed by atoms with E-state index in [0.29, 0.717) is 13.2 Å². The monoisotopic (exact) mass is 243 g/mol. The molecule has 0 aliphatic carbocycles. The zero-order chi connectivity index (χ0) is 11.5. The zero-order valence-corrected chi connectivity index (χ0v) is 9.26. The van der Waals surface area contributed by atoms with Gasteiger partial charge in [0.2, 0.25) is 0 Å². The molecule has 1 N–H and O–H groups in total. The maximum atomic E-state index is 13.4. The third-order valence-corrected chi connectivity index (χ3v) is 2.77. The Morgan fingerprint density at radius 1 is 1.56 bits per heavy atom. The Hall–Kier alpha value is -1.13. The number of carbonyl (C=O) groups excluding carboxylic acids is 1. The average molecular weight is 244 g/mol. The molecule has 1 saturated heterocycles. The van der Waals surface area contributed by atoms with E-state index in [9.17, 15) is 9.18 Å². The minimum Gasteiger partial charge on any atom is -0.379 e. The van der Waals surface area contributed by atoms with Gasteiger partial charge in [-0.3, -0.25) is 4.79 Å². The number of halogens is 2. The number of amides is 1. The summed E-state index contributed by atoms with van der Waals surface area (Å²) in [5, 5.41) is 2.81. The van der Waals surface area contributed by atoms with Gasteiger partial charge in [-0.15, -0.1) is 0 Å². The molecule has 0 spiro atoms. The Balaban J connectivity index is 2.13. The van der Waals surface area contributed by atoms with Crippen LogP contribution in [0.3, 0.4) is 0 Å². The minimum absolute atomic E-state index is 0.0526. The third-order valence-electron chi connectivity index (χ3n) is 2.45. The molecule has 0 radical (unpaired) electrons. The van der Waals surface area contributed by atoms with Gasteiger partial charge in [0.15, 0.2) is 0 Å². The fraction of sp³-hybridized carbons (Fsp3) is 0.364. The number of nitrogens with one attached hydrogen (secondary N) is 1. The minimum atomic E-state index is -0.607. The molecule has 5 heteroatoms. The van der Waals surface area contributed by atoms with E-state index < -0.39 is 11.7 Å². The summed E-state index contributed by atoms with van der Waals surface area (Å²) in [5.41, 5.74) is -0.101. The molecule has 0 aromatic heterocycles. The second kappa shape index (κ2) is 4.80. The van der Waals surface area contributed by atoms with Crippen molar-refractivity contribution < 1.29 is 13.9 Å². The average Bonchev–Trinajstić information content (AvgIpc) is 2.70. The van der Waals surface area contributed by atoms with Crippen LogP contribution in [0.25, 0.3) is 0 Å². The second-order valence-electron chi connectivity index (χ2n) is 3.63. The highest BCUT2D eigenvalue weighted by atomic mass is 35.5. The number of rotatable bonds is 2. The molecule has 0 bridgehead atoms. The van der Waals surface area contributed by atoms with Crippen LogP contribution in [0, 0.1) is 5.82 Å². The smallest absolute Gasteiger partial charge is 0.256 e. The van der Waals surface area contributed by atoms with Crippen LogP contribution in [0.15, 0.2) is 18.2 Å². The Bertz CT molecular complexity index is 385. The maximum absolute atomic E-state index is 13.4. The first-order valence-electron chi connectivity index (χ1n) is 5.01. The van der Waals surface area contributed by atoms with Gasteiger partial charge in [0.05, 0.1) is 23.2 Å². The highest BCUT2D eigenvalue weighted by Crippen LogP contribution is 2.19. The third kappa shape index (κ3) is 2.33. The van der Waals surface area contributed by atoms with E-state index in [1.54, 1.807) is 0 Å². The lowest BCUT2D eigenvalue weighted by molar-refractivity contribution is 0.0926. The molecule has 1 aromatic rings. The van der Waals surface area contributed by atoms with Gasteiger partial charge in [0.25, 0.3) is 5.91 Å². The van der Waals surface area contributed by atoms with Crippen molar-refractivity contribution in [2.24, 2.45) is 0 Å². The van der Waals surface area contributed by atoms with Crippen molar-refractivity contribution >= 4 is 17.5 Å². The van der Waals surface area contributed by atoms with Crippen molar-refractivity contribution in [3.8, 4) is 0 Å². The predicted molar refractivity (Wildman–Crippen MR) is 58.1 cm³/mol. The van der Waals surface area contributed by atoms with Gasteiger partial charge >= 0.3 is 0 Å². The molecule has 0 saturated carbocycles. The van der Waals surface area contributed by atoms with E-state index in [0.717, 1.165) is 6.42 Å². The molecule has 86 valence electrons. The van der Waals surface area contributed by atoms with Crippen molar-refractivity contribution in [3.63, 3.8) is 0 Å². The largest absolute Gasteiger partial charge is 0.379 e. The second-order valence-corrected chi connectivity index (χ2v) is 4.04. The lowest BCUT2D eigenvalue weighted by Gasteiger charge is -2.11. The van der Waals surface area contributed by atoms with Crippen LogP contribution in [0.2, 0.25) is 5.02 Å². The van der Waals surface area contributed by atoms with E-state index in [1.165, 1.54) is 18.2 Å². The summed E-state index contributed by atoms with van der Waals surface area (Å²) in [6.07, 6.45) is 0.748. The summed E-state index contributed by atoms with van der Waals surface area (Å²) < 4.78 is 18.5. The Labute approximate surface area is 97.5 Å². The topological polar surface area (TPSA) is 38.3 Å². The normalized spacial score (nSPS) is 19.8. The summed E-state index contributed by atoms with van der Waals surface area (Å²) in [5.74, 6) is -1.09. The molecule has 1 fully saturated rings. The molecule has 3 nitrogen and oxygen atoms in total. The molecule has 1 aliphatic heterocycles. The Morgan fingerprint density at radius 3 is 3.00 bits per heavy atom. The van der Waals surface area contributed by atoms with Gasteiger partial charge < -0.3 is 10.1 Å². The predicted octanol–water partition coefficient (Wildman–Crippen LogP) is 2.00. The van der Waals surface area contributed by atoms with E-state index in [-0.39, 0.29) is 16.6 Å². The highest BCUT2D eigenvalue weighted by Gasteiger charge is 2.21. The number of hydrogen-bond donors (Lipinski definition) is 1. The van der Waals surface area contributed by atoms with Gasteiger partial charge in [-0.2, -0.15) is 0 Å². The van der Waals surface area contributed by atoms with Gasteiger partial charge in [-0.05, 0) is 18.6 Å². The van der Waals surface area contributed by atoms with E-state index in [4.69, 9.17) is 16.3 Å². The Kier molecular flexibility index (Phi) is 3.41. The fourth-order valence-electron chi connectivity index (χ4n) is 1.62. The van der Waals surface area contributed by atoms with Gasteiger partial charge in [-0.1, -0.05) is 17.7 Å². The summed E-state index contributed by atoms with van der Waals surface area (Å²) in [6, 6.07) is 4.12. The lowest BCUT2D eigenvalue weighted by atomic mass is 10.1. The first-order chi connectivity index (χ1) is 7.68. The van der Waals surface area contributed by atoms with E-state index in [1.807, 2.05) is 0 Å². The first kappa shape index (κ1) is 11.4. The summed E-state index contributed by atoms with van der Waals surface area (Å²) in [4.78, 5) is 11.8. The van der Waals surface area contributed by atoms with Crippen LogP contribution in [0.1, 0.15) is 16.8 Å². The first-order valence-corrected chi connectivity index (χ1v) is 5.39.